The van der Waals surface area contributed by atoms with Crippen LogP contribution in [0.2, 0.25) is 0 Å². The number of aromatic nitrogens is 1. The summed E-state index contributed by atoms with van der Waals surface area (Å²) in [4.78, 5) is 1.90. The molecule has 0 bridgehead atoms. The molecule has 2 aromatic rings. The Labute approximate surface area is 144 Å². The number of azo groups is 1. The van der Waals surface area contributed by atoms with Crippen molar-refractivity contribution in [2.75, 3.05) is 31.2 Å². The highest BCUT2D eigenvalue weighted by Crippen LogP contribution is 2.30. The molecule has 0 atom stereocenters. The number of nitrogens with zero attached hydrogens (tertiary/aromatic N) is 5. The van der Waals surface area contributed by atoms with E-state index in [0.29, 0.717) is 35.0 Å². The van der Waals surface area contributed by atoms with Gasteiger partial charge in [-0.25, -0.2) is 0 Å². The first-order valence-electron chi connectivity index (χ1n) is 7.46. The van der Waals surface area contributed by atoms with Gasteiger partial charge >= 0.3 is 0 Å². The third kappa shape index (κ3) is 4.14. The number of hydrogen-bond acceptors (Lipinski definition) is 8. The van der Waals surface area contributed by atoms with Crippen molar-refractivity contribution in [3.63, 3.8) is 0 Å². The average Bonchev–Trinajstić information content (AvgIpc) is 2.93. The summed E-state index contributed by atoms with van der Waals surface area (Å²) in [5.74, 6) is 0. The Kier molecular flexibility index (Phi) is 6.37. The van der Waals surface area contributed by atoms with Gasteiger partial charge in [0, 0.05) is 18.8 Å². The minimum absolute atomic E-state index is 0.0160. The zero-order chi connectivity index (χ0) is 17.5. The van der Waals surface area contributed by atoms with Gasteiger partial charge in [0.05, 0.1) is 24.6 Å². The molecule has 0 radical (unpaired) electrons. The highest BCUT2D eigenvalue weighted by molar-refractivity contribution is 7.10. The molecule has 2 rings (SSSR count). The van der Waals surface area contributed by atoms with Crippen LogP contribution in [0.15, 0.2) is 28.4 Å². The average molecular weight is 345 g/mol. The van der Waals surface area contributed by atoms with Gasteiger partial charge in [-0.15, -0.1) is 10.2 Å². The Morgan fingerprint density at radius 3 is 2.50 bits per heavy atom. The van der Waals surface area contributed by atoms with E-state index in [0.717, 1.165) is 22.8 Å². The van der Waals surface area contributed by atoms with E-state index in [9.17, 15) is 0 Å². The van der Waals surface area contributed by atoms with Crippen LogP contribution in [0, 0.1) is 25.2 Å². The summed E-state index contributed by atoms with van der Waals surface area (Å²) in [7, 11) is 0. The summed E-state index contributed by atoms with van der Waals surface area (Å²) in [6, 6.07) is 7.72. The zero-order valence-electron chi connectivity index (χ0n) is 13.6. The standard InChI is InChI=1S/C16H19N5O2S/c1-11-9-13(21(5-7-22)6-8-23)3-4-15(11)18-19-16-14(10-17)12(2)20-24-16/h3-4,9,22-23H,5-8H2,1-2H3/b19-18+. The van der Waals surface area contributed by atoms with Crippen molar-refractivity contribution < 1.29 is 10.2 Å². The SMILES string of the molecule is Cc1cc(N(CCO)CCO)ccc1/N=N/c1snc(C)c1C#N. The van der Waals surface area contributed by atoms with Crippen LogP contribution >= 0.6 is 11.5 Å². The molecule has 8 heteroatoms. The first-order valence-corrected chi connectivity index (χ1v) is 8.23. The maximum absolute atomic E-state index is 9.12. The quantitative estimate of drug-likeness (QED) is 0.751. The number of aryl methyl sites for hydroxylation is 2. The highest BCUT2D eigenvalue weighted by atomic mass is 32.1. The molecule has 0 amide bonds. The Bertz CT molecular complexity index is 760. The molecule has 0 saturated carbocycles. The molecule has 1 aromatic carbocycles. The summed E-state index contributed by atoms with van der Waals surface area (Å²) in [6.07, 6.45) is 0. The predicted octanol–water partition coefficient (Wildman–Crippen LogP) is 2.84. The van der Waals surface area contributed by atoms with Gasteiger partial charge in [0.15, 0.2) is 5.00 Å². The normalized spacial score (nSPS) is 11.0. The van der Waals surface area contributed by atoms with Gasteiger partial charge in [0.25, 0.3) is 0 Å². The third-order valence-corrected chi connectivity index (χ3v) is 4.31. The van der Waals surface area contributed by atoms with E-state index >= 15 is 0 Å². The third-order valence-electron chi connectivity index (χ3n) is 3.49. The molecular formula is C16H19N5O2S. The van der Waals surface area contributed by atoms with E-state index in [1.807, 2.05) is 30.0 Å². The van der Waals surface area contributed by atoms with Crippen LogP contribution in [-0.2, 0) is 0 Å². The molecule has 24 heavy (non-hydrogen) atoms. The van der Waals surface area contributed by atoms with Crippen molar-refractivity contribution in [3.05, 3.63) is 35.0 Å². The van der Waals surface area contributed by atoms with E-state index in [4.69, 9.17) is 15.5 Å². The van der Waals surface area contributed by atoms with Crippen LogP contribution in [-0.4, -0.2) is 40.9 Å². The lowest BCUT2D eigenvalue weighted by atomic mass is 10.1. The van der Waals surface area contributed by atoms with Crippen molar-refractivity contribution >= 4 is 27.9 Å². The first-order chi connectivity index (χ1) is 11.6. The monoisotopic (exact) mass is 345 g/mol. The lowest BCUT2D eigenvalue weighted by molar-refractivity contribution is 0.281. The molecule has 0 aliphatic heterocycles. The van der Waals surface area contributed by atoms with Crippen LogP contribution in [0.4, 0.5) is 16.4 Å². The smallest absolute Gasteiger partial charge is 0.176 e. The Balaban J connectivity index is 2.23. The predicted molar refractivity (Wildman–Crippen MR) is 93.3 cm³/mol. The fourth-order valence-corrected chi connectivity index (χ4v) is 2.89. The van der Waals surface area contributed by atoms with E-state index < -0.39 is 0 Å². The van der Waals surface area contributed by atoms with E-state index in [2.05, 4.69) is 20.7 Å². The fourth-order valence-electron chi connectivity index (χ4n) is 2.21. The highest BCUT2D eigenvalue weighted by Gasteiger charge is 2.10. The summed E-state index contributed by atoms with van der Waals surface area (Å²) >= 11 is 1.15. The number of rotatable bonds is 7. The molecule has 0 fully saturated rings. The van der Waals surface area contributed by atoms with Crippen molar-refractivity contribution in [1.29, 1.82) is 5.26 Å². The molecule has 2 N–H and O–H groups in total. The van der Waals surface area contributed by atoms with Crippen LogP contribution in [0.5, 0.6) is 0 Å². The van der Waals surface area contributed by atoms with Crippen molar-refractivity contribution in [3.8, 4) is 6.07 Å². The van der Waals surface area contributed by atoms with E-state index in [1.165, 1.54) is 0 Å². The summed E-state index contributed by atoms with van der Waals surface area (Å²) in [5, 5.41) is 36.2. The molecule has 7 nitrogen and oxygen atoms in total. The van der Waals surface area contributed by atoms with Gasteiger partial charge in [-0.1, -0.05) is 0 Å². The molecular weight excluding hydrogens is 326 g/mol. The minimum Gasteiger partial charge on any atom is -0.395 e. The van der Waals surface area contributed by atoms with Gasteiger partial charge in [-0.05, 0) is 49.1 Å². The van der Waals surface area contributed by atoms with Crippen LogP contribution in [0.25, 0.3) is 0 Å². The fraction of sp³-hybridized carbons (Fsp3) is 0.375. The van der Waals surface area contributed by atoms with Crippen LogP contribution in [0.3, 0.4) is 0 Å². The second kappa shape index (κ2) is 8.49. The first kappa shape index (κ1) is 18.0. The van der Waals surface area contributed by atoms with Gasteiger partial charge in [-0.2, -0.15) is 9.64 Å². The lowest BCUT2D eigenvalue weighted by Crippen LogP contribution is -2.29. The van der Waals surface area contributed by atoms with Crippen molar-refractivity contribution in [1.82, 2.24) is 4.37 Å². The van der Waals surface area contributed by atoms with Gasteiger partial charge in [0.2, 0.25) is 0 Å². The van der Waals surface area contributed by atoms with E-state index in [-0.39, 0.29) is 13.2 Å². The lowest BCUT2D eigenvalue weighted by Gasteiger charge is -2.23. The van der Waals surface area contributed by atoms with Gasteiger partial charge in [0.1, 0.15) is 11.6 Å². The Morgan fingerprint density at radius 2 is 1.92 bits per heavy atom. The largest absolute Gasteiger partial charge is 0.395 e. The molecule has 1 heterocycles. The number of benzene rings is 1. The molecule has 0 unspecified atom stereocenters. The second-order valence-corrected chi connectivity index (χ2v) is 5.92. The summed E-state index contributed by atoms with van der Waals surface area (Å²) in [5.41, 5.74) is 3.63. The number of anilines is 1. The van der Waals surface area contributed by atoms with Crippen LogP contribution < -0.4 is 4.90 Å². The molecule has 0 spiro atoms. The van der Waals surface area contributed by atoms with Gasteiger partial charge < -0.3 is 15.1 Å². The molecule has 0 saturated heterocycles. The number of aliphatic hydroxyl groups excluding tert-OH is 2. The van der Waals surface area contributed by atoms with E-state index in [1.54, 1.807) is 6.92 Å². The molecule has 0 aliphatic carbocycles. The maximum Gasteiger partial charge on any atom is 0.176 e. The summed E-state index contributed by atoms with van der Waals surface area (Å²) in [6.45, 7) is 4.62. The zero-order valence-corrected chi connectivity index (χ0v) is 14.4. The van der Waals surface area contributed by atoms with Crippen molar-refractivity contribution in [2.45, 2.75) is 13.8 Å². The van der Waals surface area contributed by atoms with Gasteiger partial charge in [-0.3, -0.25) is 0 Å². The topological polar surface area (TPSA) is 105 Å². The second-order valence-electron chi connectivity index (χ2n) is 5.16. The molecule has 126 valence electrons. The minimum atomic E-state index is 0.0160. The molecule has 1 aromatic heterocycles. The maximum atomic E-state index is 9.12. The van der Waals surface area contributed by atoms with Crippen molar-refractivity contribution in [2.24, 2.45) is 10.2 Å². The number of aliphatic hydroxyl groups is 2. The Morgan fingerprint density at radius 1 is 1.21 bits per heavy atom. The molecule has 0 aliphatic rings. The number of nitriles is 1. The summed E-state index contributed by atoms with van der Waals surface area (Å²) < 4.78 is 4.11. The van der Waals surface area contributed by atoms with Crippen LogP contribution in [0.1, 0.15) is 16.8 Å². The Hall–Kier alpha value is -2.34. The number of hydrogen-bond donors (Lipinski definition) is 2.